The highest BCUT2D eigenvalue weighted by molar-refractivity contribution is 7.09. The summed E-state index contributed by atoms with van der Waals surface area (Å²) in [6.45, 7) is 3.46. The maximum Gasteiger partial charge on any atom is 0.253 e. The molecule has 0 unspecified atom stereocenters. The molecule has 25 heavy (non-hydrogen) atoms. The van der Waals surface area contributed by atoms with Crippen LogP contribution in [0.3, 0.4) is 0 Å². The van der Waals surface area contributed by atoms with Gasteiger partial charge in [0.05, 0.1) is 6.61 Å². The maximum atomic E-state index is 13.0. The summed E-state index contributed by atoms with van der Waals surface area (Å²) in [5.41, 5.74) is 0.521. The lowest BCUT2D eigenvalue weighted by atomic mass is 10.2. The van der Waals surface area contributed by atoms with Crippen LogP contribution in [0.5, 0.6) is 0 Å². The average molecular weight is 364 g/mol. The van der Waals surface area contributed by atoms with Gasteiger partial charge in [0.15, 0.2) is 0 Å². The molecule has 1 aromatic carbocycles. The first-order valence-corrected chi connectivity index (χ1v) is 9.06. The Kier molecular flexibility index (Phi) is 5.93. The van der Waals surface area contributed by atoms with Crippen LogP contribution < -0.4 is 4.90 Å². The minimum Gasteiger partial charge on any atom is -0.384 e. The van der Waals surface area contributed by atoms with Crippen molar-refractivity contribution < 1.29 is 13.9 Å². The maximum absolute atomic E-state index is 13.0. The zero-order valence-corrected chi connectivity index (χ0v) is 15.0. The van der Waals surface area contributed by atoms with E-state index in [-0.39, 0.29) is 11.7 Å². The van der Waals surface area contributed by atoms with Gasteiger partial charge in [-0.25, -0.2) is 9.37 Å². The summed E-state index contributed by atoms with van der Waals surface area (Å²) in [7, 11) is 1.66. The van der Waals surface area contributed by atoms with Crippen molar-refractivity contribution in [3.8, 4) is 0 Å². The van der Waals surface area contributed by atoms with Gasteiger partial charge in [0, 0.05) is 56.8 Å². The van der Waals surface area contributed by atoms with Crippen molar-refractivity contribution in [1.82, 2.24) is 14.3 Å². The molecule has 0 atom stereocenters. The highest BCUT2D eigenvalue weighted by atomic mass is 32.1. The molecule has 3 rings (SSSR count). The van der Waals surface area contributed by atoms with Gasteiger partial charge in [-0.3, -0.25) is 4.79 Å². The summed E-state index contributed by atoms with van der Waals surface area (Å²) < 4.78 is 22.4. The fourth-order valence-corrected chi connectivity index (χ4v) is 3.52. The summed E-state index contributed by atoms with van der Waals surface area (Å²) in [5, 5.41) is 0.891. The first kappa shape index (κ1) is 17.8. The van der Waals surface area contributed by atoms with Crippen LogP contribution in [-0.2, 0) is 11.2 Å². The van der Waals surface area contributed by atoms with Crippen LogP contribution in [0.1, 0.15) is 22.6 Å². The number of carbonyl (C=O) groups is 1. The monoisotopic (exact) mass is 364 g/mol. The second kappa shape index (κ2) is 8.35. The molecule has 2 aromatic rings. The molecule has 1 aliphatic heterocycles. The molecule has 6 nitrogen and oxygen atoms in total. The second-order valence-electron chi connectivity index (χ2n) is 5.88. The van der Waals surface area contributed by atoms with Crippen LogP contribution in [0.4, 0.5) is 9.52 Å². The number of aromatic nitrogens is 2. The number of carbonyl (C=O) groups excluding carboxylic acids is 1. The molecule has 1 aromatic heterocycles. The fraction of sp³-hybridized carbons (Fsp3) is 0.471. The minimum atomic E-state index is -0.334. The van der Waals surface area contributed by atoms with Gasteiger partial charge in [-0.2, -0.15) is 4.37 Å². The van der Waals surface area contributed by atoms with Crippen molar-refractivity contribution in [2.24, 2.45) is 0 Å². The Balaban J connectivity index is 1.61. The minimum absolute atomic E-state index is 0.0557. The highest BCUT2D eigenvalue weighted by Gasteiger charge is 2.22. The third-order valence-electron chi connectivity index (χ3n) is 4.13. The average Bonchev–Trinajstić information content (AvgIpc) is 2.96. The number of hydrogen-bond donors (Lipinski definition) is 0. The van der Waals surface area contributed by atoms with Crippen molar-refractivity contribution in [3.63, 3.8) is 0 Å². The summed E-state index contributed by atoms with van der Waals surface area (Å²) in [6, 6.07) is 5.71. The smallest absolute Gasteiger partial charge is 0.253 e. The zero-order valence-electron chi connectivity index (χ0n) is 14.2. The number of rotatable bonds is 5. The van der Waals surface area contributed by atoms with E-state index in [4.69, 9.17) is 4.74 Å². The van der Waals surface area contributed by atoms with Gasteiger partial charge < -0.3 is 14.5 Å². The van der Waals surface area contributed by atoms with Crippen LogP contribution in [-0.4, -0.2) is 60.1 Å². The molecule has 0 saturated carbocycles. The summed E-state index contributed by atoms with van der Waals surface area (Å²) in [4.78, 5) is 21.1. The Hall–Kier alpha value is -2.06. The summed E-state index contributed by atoms with van der Waals surface area (Å²) in [5.74, 6) is 0.407. The van der Waals surface area contributed by atoms with E-state index in [2.05, 4.69) is 14.3 Å². The van der Waals surface area contributed by atoms with E-state index in [0.717, 1.165) is 23.9 Å². The van der Waals surface area contributed by atoms with Gasteiger partial charge in [-0.05, 0) is 30.7 Å². The van der Waals surface area contributed by atoms with Crippen molar-refractivity contribution >= 4 is 22.6 Å². The van der Waals surface area contributed by atoms with Crippen LogP contribution in [0.15, 0.2) is 24.3 Å². The predicted molar refractivity (Wildman–Crippen MR) is 94.6 cm³/mol. The van der Waals surface area contributed by atoms with Crippen molar-refractivity contribution in [1.29, 1.82) is 0 Å². The molecule has 1 aliphatic rings. The first-order chi connectivity index (χ1) is 12.2. The van der Waals surface area contributed by atoms with Gasteiger partial charge in [-0.15, -0.1) is 0 Å². The zero-order chi connectivity index (χ0) is 17.6. The van der Waals surface area contributed by atoms with Crippen LogP contribution in [0, 0.1) is 5.82 Å². The molecule has 1 fully saturated rings. The standard InChI is InChI=1S/C17H21FN4O2S/c1-24-12-7-15-19-17(25-20-15)22-9-2-8-21(10-11-22)16(23)13-3-5-14(18)6-4-13/h3-6H,2,7-12H2,1H3. The van der Waals surface area contributed by atoms with Gasteiger partial charge in [0.2, 0.25) is 5.13 Å². The topological polar surface area (TPSA) is 58.6 Å². The molecule has 1 saturated heterocycles. The van der Waals surface area contributed by atoms with Crippen LogP contribution in [0.25, 0.3) is 0 Å². The number of ether oxygens (including phenoxy) is 1. The Morgan fingerprint density at radius 1 is 1.24 bits per heavy atom. The summed E-state index contributed by atoms with van der Waals surface area (Å²) in [6.07, 6.45) is 1.57. The second-order valence-corrected chi connectivity index (χ2v) is 6.61. The van der Waals surface area contributed by atoms with E-state index in [0.29, 0.717) is 38.2 Å². The number of nitrogens with zero attached hydrogens (tertiary/aromatic N) is 4. The van der Waals surface area contributed by atoms with E-state index < -0.39 is 0 Å². The van der Waals surface area contributed by atoms with Gasteiger partial charge in [-0.1, -0.05) is 0 Å². The van der Waals surface area contributed by atoms with Crippen molar-refractivity contribution in [2.75, 3.05) is 44.8 Å². The lowest BCUT2D eigenvalue weighted by Gasteiger charge is -2.21. The Morgan fingerprint density at radius 3 is 2.80 bits per heavy atom. The third-order valence-corrected chi connectivity index (χ3v) is 4.95. The first-order valence-electron chi connectivity index (χ1n) is 8.28. The molecular weight excluding hydrogens is 343 g/mol. The van der Waals surface area contributed by atoms with E-state index in [9.17, 15) is 9.18 Å². The molecule has 2 heterocycles. The normalized spacial score (nSPS) is 15.3. The molecule has 0 aliphatic carbocycles. The molecule has 0 radical (unpaired) electrons. The molecule has 8 heteroatoms. The number of amides is 1. The number of methoxy groups -OCH3 is 1. The molecule has 1 amide bonds. The van der Waals surface area contributed by atoms with Crippen molar-refractivity contribution in [3.05, 3.63) is 41.5 Å². The van der Waals surface area contributed by atoms with E-state index in [1.165, 1.54) is 35.8 Å². The third kappa shape index (κ3) is 4.52. The number of hydrogen-bond acceptors (Lipinski definition) is 6. The van der Waals surface area contributed by atoms with Crippen LogP contribution in [0.2, 0.25) is 0 Å². The molecule has 0 spiro atoms. The molecular formula is C17H21FN4O2S. The van der Waals surface area contributed by atoms with E-state index in [1.54, 1.807) is 7.11 Å². The number of benzene rings is 1. The van der Waals surface area contributed by atoms with E-state index >= 15 is 0 Å². The Labute approximate surface area is 150 Å². The molecule has 134 valence electrons. The lowest BCUT2D eigenvalue weighted by molar-refractivity contribution is 0.0767. The Bertz CT molecular complexity index is 707. The van der Waals surface area contributed by atoms with Gasteiger partial charge in [0.25, 0.3) is 5.91 Å². The van der Waals surface area contributed by atoms with E-state index in [1.807, 2.05) is 4.90 Å². The molecule has 0 N–H and O–H groups in total. The lowest BCUT2D eigenvalue weighted by Crippen LogP contribution is -2.35. The Morgan fingerprint density at radius 2 is 2.04 bits per heavy atom. The highest BCUT2D eigenvalue weighted by Crippen LogP contribution is 2.20. The van der Waals surface area contributed by atoms with Crippen LogP contribution >= 0.6 is 11.5 Å². The SMILES string of the molecule is COCCc1nsc(N2CCCN(C(=O)c3ccc(F)cc3)CC2)n1. The largest absolute Gasteiger partial charge is 0.384 e. The summed E-state index contributed by atoms with van der Waals surface area (Å²) >= 11 is 1.39. The number of anilines is 1. The fourth-order valence-electron chi connectivity index (χ4n) is 2.75. The van der Waals surface area contributed by atoms with Crippen molar-refractivity contribution in [2.45, 2.75) is 12.8 Å². The molecule has 0 bridgehead atoms. The van der Waals surface area contributed by atoms with Gasteiger partial charge >= 0.3 is 0 Å². The number of halogens is 1. The van der Waals surface area contributed by atoms with Gasteiger partial charge in [0.1, 0.15) is 11.6 Å². The quantitative estimate of drug-likeness (QED) is 0.814. The predicted octanol–water partition coefficient (Wildman–Crippen LogP) is 2.22.